The summed E-state index contributed by atoms with van der Waals surface area (Å²) >= 11 is 0. The van der Waals surface area contributed by atoms with Crippen LogP contribution in [0.4, 0.5) is 0 Å². The SMILES string of the molecule is Cc1ccc(C2=Cc3c(cc(C)c(C)c3-c3cc(C)c(C)c(C)c3)C2)o1. The highest BCUT2D eigenvalue weighted by Crippen LogP contribution is 2.41. The van der Waals surface area contributed by atoms with Crippen LogP contribution in [-0.4, -0.2) is 0 Å². The van der Waals surface area contributed by atoms with Crippen LogP contribution in [0.25, 0.3) is 22.8 Å². The van der Waals surface area contributed by atoms with Crippen LogP contribution in [0.15, 0.2) is 34.7 Å². The third kappa shape index (κ3) is 2.63. The van der Waals surface area contributed by atoms with Gasteiger partial charge in [0.25, 0.3) is 0 Å². The lowest BCUT2D eigenvalue weighted by molar-refractivity contribution is 0.521. The molecule has 0 aliphatic heterocycles. The second-order valence-corrected chi connectivity index (χ2v) is 7.76. The van der Waals surface area contributed by atoms with Gasteiger partial charge in [0, 0.05) is 6.42 Å². The second-order valence-electron chi connectivity index (χ2n) is 7.76. The van der Waals surface area contributed by atoms with Gasteiger partial charge in [-0.15, -0.1) is 0 Å². The fourth-order valence-electron chi connectivity index (χ4n) is 4.07. The zero-order chi connectivity index (χ0) is 18.6. The Morgan fingerprint density at radius 3 is 2.04 bits per heavy atom. The number of rotatable bonds is 2. The number of fused-ring (bicyclic) bond motifs is 1. The molecule has 0 bridgehead atoms. The van der Waals surface area contributed by atoms with Crippen molar-refractivity contribution in [2.45, 2.75) is 48.0 Å². The standard InChI is InChI=1S/C25H26O/c1-14-10-22(11-15(2)18(14)5)25-19(6)16(3)9-20-12-21(13-23(20)25)24-8-7-17(4)26-24/h7-11,13H,12H2,1-6H3. The van der Waals surface area contributed by atoms with E-state index in [0.29, 0.717) is 0 Å². The maximum Gasteiger partial charge on any atom is 0.130 e. The Morgan fingerprint density at radius 1 is 0.769 bits per heavy atom. The molecule has 0 N–H and O–H groups in total. The van der Waals surface area contributed by atoms with Crippen molar-refractivity contribution in [3.05, 3.63) is 80.8 Å². The van der Waals surface area contributed by atoms with Crippen molar-refractivity contribution in [1.82, 2.24) is 0 Å². The molecule has 132 valence electrons. The average molecular weight is 342 g/mol. The van der Waals surface area contributed by atoms with Gasteiger partial charge >= 0.3 is 0 Å². The van der Waals surface area contributed by atoms with Crippen LogP contribution in [0.5, 0.6) is 0 Å². The van der Waals surface area contributed by atoms with Gasteiger partial charge in [0.05, 0.1) is 0 Å². The highest BCUT2D eigenvalue weighted by molar-refractivity contribution is 5.94. The van der Waals surface area contributed by atoms with Gasteiger partial charge in [0.2, 0.25) is 0 Å². The molecule has 0 saturated carbocycles. The Labute approximate surface area is 156 Å². The van der Waals surface area contributed by atoms with Crippen molar-refractivity contribution in [1.29, 1.82) is 0 Å². The third-order valence-corrected chi connectivity index (χ3v) is 5.94. The lowest BCUT2D eigenvalue weighted by atomic mass is 9.87. The summed E-state index contributed by atoms with van der Waals surface area (Å²) in [6.45, 7) is 13.1. The fraction of sp³-hybridized carbons (Fsp3) is 0.280. The zero-order valence-electron chi connectivity index (χ0n) is 16.6. The van der Waals surface area contributed by atoms with Crippen LogP contribution in [0.2, 0.25) is 0 Å². The van der Waals surface area contributed by atoms with Gasteiger partial charge in [0.15, 0.2) is 0 Å². The molecule has 1 heteroatoms. The minimum atomic E-state index is 0.945. The number of aryl methyl sites for hydroxylation is 4. The van der Waals surface area contributed by atoms with E-state index in [-0.39, 0.29) is 0 Å². The van der Waals surface area contributed by atoms with Crippen LogP contribution < -0.4 is 0 Å². The summed E-state index contributed by atoms with van der Waals surface area (Å²) in [5.41, 5.74) is 13.6. The van der Waals surface area contributed by atoms with Crippen molar-refractivity contribution in [3.8, 4) is 11.1 Å². The van der Waals surface area contributed by atoms with E-state index in [1.165, 1.54) is 55.6 Å². The summed E-state index contributed by atoms with van der Waals surface area (Å²) in [6, 6.07) is 11.2. The Bertz CT molecular complexity index is 1040. The van der Waals surface area contributed by atoms with Gasteiger partial charge in [-0.25, -0.2) is 0 Å². The van der Waals surface area contributed by atoms with Gasteiger partial charge in [-0.2, -0.15) is 0 Å². The molecular formula is C25H26O. The van der Waals surface area contributed by atoms with Crippen LogP contribution >= 0.6 is 0 Å². The number of hydrogen-bond donors (Lipinski definition) is 0. The van der Waals surface area contributed by atoms with Crippen LogP contribution in [-0.2, 0) is 6.42 Å². The van der Waals surface area contributed by atoms with Gasteiger partial charge < -0.3 is 4.42 Å². The van der Waals surface area contributed by atoms with Gasteiger partial charge in [-0.1, -0.05) is 18.2 Å². The molecular weight excluding hydrogens is 316 g/mol. The predicted octanol–water partition coefficient (Wildman–Crippen LogP) is 6.89. The molecule has 0 spiro atoms. The van der Waals surface area contributed by atoms with Gasteiger partial charge in [0.1, 0.15) is 11.5 Å². The smallest absolute Gasteiger partial charge is 0.130 e. The highest BCUT2D eigenvalue weighted by Gasteiger charge is 2.22. The van der Waals surface area contributed by atoms with E-state index in [0.717, 1.165) is 17.9 Å². The predicted molar refractivity (Wildman–Crippen MR) is 111 cm³/mol. The first-order valence-corrected chi connectivity index (χ1v) is 9.34. The van der Waals surface area contributed by atoms with Crippen molar-refractivity contribution in [2.75, 3.05) is 0 Å². The van der Waals surface area contributed by atoms with Crippen LogP contribution in [0.1, 0.15) is 50.5 Å². The Kier molecular flexibility index (Phi) is 3.91. The number of allylic oxidation sites excluding steroid dienone is 1. The summed E-state index contributed by atoms with van der Waals surface area (Å²) in [6.07, 6.45) is 3.28. The van der Waals surface area contributed by atoms with E-state index in [1.54, 1.807) is 0 Å². The zero-order valence-corrected chi connectivity index (χ0v) is 16.6. The first-order chi connectivity index (χ1) is 12.3. The molecule has 1 heterocycles. The molecule has 0 unspecified atom stereocenters. The quantitative estimate of drug-likeness (QED) is 0.494. The average Bonchev–Trinajstić information content (AvgIpc) is 3.19. The van der Waals surface area contributed by atoms with Crippen molar-refractivity contribution in [2.24, 2.45) is 0 Å². The molecule has 1 nitrogen and oxygen atoms in total. The largest absolute Gasteiger partial charge is 0.462 e. The third-order valence-electron chi connectivity index (χ3n) is 5.94. The van der Waals surface area contributed by atoms with E-state index < -0.39 is 0 Å². The molecule has 2 aromatic carbocycles. The van der Waals surface area contributed by atoms with E-state index in [1.807, 2.05) is 13.0 Å². The first-order valence-electron chi connectivity index (χ1n) is 9.34. The molecule has 0 saturated heterocycles. The molecule has 0 fully saturated rings. The number of hydrogen-bond acceptors (Lipinski definition) is 1. The summed E-state index contributed by atoms with van der Waals surface area (Å²) in [7, 11) is 0. The molecule has 4 rings (SSSR count). The van der Waals surface area contributed by atoms with Gasteiger partial charge in [-0.05, 0) is 115 Å². The molecule has 26 heavy (non-hydrogen) atoms. The van der Waals surface area contributed by atoms with Crippen molar-refractivity contribution < 1.29 is 4.42 Å². The summed E-state index contributed by atoms with van der Waals surface area (Å²) in [5.74, 6) is 1.96. The maximum absolute atomic E-state index is 5.89. The van der Waals surface area contributed by atoms with Crippen molar-refractivity contribution >= 4 is 11.6 Å². The number of furan rings is 1. The molecule has 0 atom stereocenters. The Hall–Kier alpha value is -2.54. The maximum atomic E-state index is 5.89. The minimum absolute atomic E-state index is 0.945. The highest BCUT2D eigenvalue weighted by atomic mass is 16.3. The summed E-state index contributed by atoms with van der Waals surface area (Å²) in [4.78, 5) is 0. The van der Waals surface area contributed by atoms with Crippen LogP contribution in [0.3, 0.4) is 0 Å². The van der Waals surface area contributed by atoms with E-state index in [4.69, 9.17) is 4.42 Å². The van der Waals surface area contributed by atoms with Gasteiger partial charge in [-0.3, -0.25) is 0 Å². The normalized spacial score (nSPS) is 13.1. The molecule has 1 aromatic heterocycles. The topological polar surface area (TPSA) is 13.1 Å². The Balaban J connectivity index is 1.93. The van der Waals surface area contributed by atoms with E-state index >= 15 is 0 Å². The second kappa shape index (κ2) is 6.02. The molecule has 1 aliphatic rings. The fourth-order valence-corrected chi connectivity index (χ4v) is 4.07. The van der Waals surface area contributed by atoms with Crippen LogP contribution in [0, 0.1) is 41.5 Å². The Morgan fingerprint density at radius 2 is 1.42 bits per heavy atom. The van der Waals surface area contributed by atoms with E-state index in [2.05, 4.69) is 65.0 Å². The summed E-state index contributed by atoms with van der Waals surface area (Å²) in [5, 5.41) is 0. The summed E-state index contributed by atoms with van der Waals surface area (Å²) < 4.78 is 5.89. The van der Waals surface area contributed by atoms with Crippen molar-refractivity contribution in [3.63, 3.8) is 0 Å². The minimum Gasteiger partial charge on any atom is -0.462 e. The molecule has 0 amide bonds. The molecule has 0 radical (unpaired) electrons. The first kappa shape index (κ1) is 16.9. The molecule has 1 aliphatic carbocycles. The monoisotopic (exact) mass is 342 g/mol. The lowest BCUT2D eigenvalue weighted by Crippen LogP contribution is -1.97. The lowest BCUT2D eigenvalue weighted by Gasteiger charge is -2.17. The molecule has 3 aromatic rings. The number of benzene rings is 2. The van der Waals surface area contributed by atoms with E-state index in [9.17, 15) is 0 Å².